The molecule has 4 aromatic rings. The summed E-state index contributed by atoms with van der Waals surface area (Å²) in [7, 11) is 0. The van der Waals surface area contributed by atoms with E-state index in [1.165, 1.54) is 0 Å². The molecule has 0 saturated heterocycles. The number of pyridine rings is 1. The Kier molecular flexibility index (Phi) is 5.00. The summed E-state index contributed by atoms with van der Waals surface area (Å²) >= 11 is 0. The van der Waals surface area contributed by atoms with Crippen LogP contribution in [-0.4, -0.2) is 26.6 Å². The number of aliphatic hydroxyl groups excluding tert-OH is 1. The first kappa shape index (κ1) is 18.1. The third-order valence-corrected chi connectivity index (χ3v) is 4.90. The van der Waals surface area contributed by atoms with Crippen LogP contribution in [0.2, 0.25) is 0 Å². The number of nitrogens with zero attached hydrogens (tertiary/aromatic N) is 3. The highest BCUT2D eigenvalue weighted by Gasteiger charge is 2.13. The number of nitrogens with one attached hydrogen (secondary N) is 1. The molecule has 0 amide bonds. The molecule has 5 nitrogen and oxygen atoms in total. The van der Waals surface area contributed by atoms with E-state index in [-0.39, 0.29) is 0 Å². The van der Waals surface area contributed by atoms with Crippen molar-refractivity contribution in [1.82, 2.24) is 15.0 Å². The van der Waals surface area contributed by atoms with Crippen LogP contribution in [0.15, 0.2) is 66.9 Å². The Morgan fingerprint density at radius 3 is 2.50 bits per heavy atom. The molecule has 0 spiro atoms. The molecule has 2 N–H and O–H groups in total. The summed E-state index contributed by atoms with van der Waals surface area (Å²) in [5, 5.41) is 16.2. The molecule has 2 aromatic heterocycles. The Labute approximate surface area is 164 Å². The first-order chi connectivity index (χ1) is 13.6. The number of hydrogen-bond donors (Lipinski definition) is 2. The topological polar surface area (TPSA) is 70.9 Å². The van der Waals surface area contributed by atoms with Gasteiger partial charge in [0, 0.05) is 24.0 Å². The van der Waals surface area contributed by atoms with Gasteiger partial charge in [0.1, 0.15) is 11.5 Å². The Bertz CT molecular complexity index is 1110. The van der Waals surface area contributed by atoms with Gasteiger partial charge in [-0.25, -0.2) is 9.97 Å². The Hall–Kier alpha value is -3.31. The van der Waals surface area contributed by atoms with E-state index in [9.17, 15) is 5.11 Å². The normalized spacial score (nSPS) is 12.1. The maximum Gasteiger partial charge on any atom is 0.180 e. The van der Waals surface area contributed by atoms with Crippen molar-refractivity contribution >= 4 is 16.6 Å². The summed E-state index contributed by atoms with van der Waals surface area (Å²) in [5.74, 6) is 1.29. The summed E-state index contributed by atoms with van der Waals surface area (Å²) in [6, 6.07) is 19.8. The van der Waals surface area contributed by atoms with Crippen molar-refractivity contribution in [2.75, 3.05) is 11.9 Å². The van der Waals surface area contributed by atoms with Crippen LogP contribution in [0, 0.1) is 13.8 Å². The summed E-state index contributed by atoms with van der Waals surface area (Å²) < 4.78 is 0. The molecule has 5 heteroatoms. The van der Waals surface area contributed by atoms with E-state index >= 15 is 0 Å². The number of rotatable bonds is 5. The van der Waals surface area contributed by atoms with Crippen LogP contribution in [0.3, 0.4) is 0 Å². The highest BCUT2D eigenvalue weighted by atomic mass is 16.3. The third kappa shape index (κ3) is 3.70. The quantitative estimate of drug-likeness (QED) is 0.543. The molecule has 0 aliphatic carbocycles. The number of aliphatic hydroxyl groups is 1. The number of anilines is 1. The minimum Gasteiger partial charge on any atom is -0.387 e. The lowest BCUT2D eigenvalue weighted by Crippen LogP contribution is -2.15. The van der Waals surface area contributed by atoms with Crippen LogP contribution in [0.25, 0.3) is 22.3 Å². The van der Waals surface area contributed by atoms with Crippen molar-refractivity contribution in [3.63, 3.8) is 0 Å². The van der Waals surface area contributed by atoms with Gasteiger partial charge >= 0.3 is 0 Å². The van der Waals surface area contributed by atoms with Gasteiger partial charge in [0.15, 0.2) is 5.82 Å². The van der Waals surface area contributed by atoms with Gasteiger partial charge in [-0.15, -0.1) is 0 Å². The molecule has 2 aromatic carbocycles. The lowest BCUT2D eigenvalue weighted by molar-refractivity contribution is 0.191. The Morgan fingerprint density at radius 1 is 0.929 bits per heavy atom. The van der Waals surface area contributed by atoms with Gasteiger partial charge in [0.25, 0.3) is 0 Å². The highest BCUT2D eigenvalue weighted by molar-refractivity contribution is 5.83. The van der Waals surface area contributed by atoms with Gasteiger partial charge in [-0.2, -0.15) is 0 Å². The number of hydrogen-bond acceptors (Lipinski definition) is 5. The molecule has 1 unspecified atom stereocenters. The second kappa shape index (κ2) is 7.74. The summed E-state index contributed by atoms with van der Waals surface area (Å²) in [4.78, 5) is 13.5. The molecule has 0 saturated carbocycles. The zero-order valence-electron chi connectivity index (χ0n) is 15.9. The molecule has 0 aliphatic rings. The van der Waals surface area contributed by atoms with Crippen molar-refractivity contribution in [1.29, 1.82) is 0 Å². The third-order valence-electron chi connectivity index (χ3n) is 4.90. The maximum atomic E-state index is 10.7. The SMILES string of the molecule is Cc1nc(-c2ccccn2)nc(NCC(O)c2ccc3ccccc3c2)c1C. The molecule has 28 heavy (non-hydrogen) atoms. The number of aromatic nitrogens is 3. The van der Waals surface area contributed by atoms with Crippen molar-refractivity contribution < 1.29 is 5.11 Å². The van der Waals surface area contributed by atoms with Crippen LogP contribution in [0.1, 0.15) is 22.9 Å². The molecule has 140 valence electrons. The zero-order chi connectivity index (χ0) is 19.5. The molecule has 0 radical (unpaired) electrons. The largest absolute Gasteiger partial charge is 0.387 e. The fourth-order valence-electron chi connectivity index (χ4n) is 3.14. The molecule has 0 bridgehead atoms. The summed E-state index contributed by atoms with van der Waals surface area (Å²) in [5.41, 5.74) is 3.45. The lowest BCUT2D eigenvalue weighted by atomic mass is 10.0. The van der Waals surface area contributed by atoms with E-state index in [4.69, 9.17) is 0 Å². The second-order valence-corrected chi connectivity index (χ2v) is 6.82. The van der Waals surface area contributed by atoms with Gasteiger partial charge in [-0.05, 0) is 48.4 Å². The van der Waals surface area contributed by atoms with Gasteiger partial charge in [0.05, 0.1) is 6.10 Å². The molecular formula is C23H22N4O. The minimum absolute atomic E-state index is 0.358. The number of aryl methyl sites for hydroxylation is 1. The molecule has 2 heterocycles. The van der Waals surface area contributed by atoms with Crippen LogP contribution in [0.5, 0.6) is 0 Å². The van der Waals surface area contributed by atoms with E-state index in [2.05, 4.69) is 32.4 Å². The lowest BCUT2D eigenvalue weighted by Gasteiger charge is -2.16. The fourth-order valence-corrected chi connectivity index (χ4v) is 3.14. The first-order valence-electron chi connectivity index (χ1n) is 9.29. The average Bonchev–Trinajstić information content (AvgIpc) is 2.74. The number of fused-ring (bicyclic) bond motifs is 1. The van der Waals surface area contributed by atoms with Crippen molar-refractivity contribution in [2.45, 2.75) is 20.0 Å². The summed E-state index contributed by atoms with van der Waals surface area (Å²) in [6.07, 6.45) is 1.09. The van der Waals surface area contributed by atoms with Gasteiger partial charge < -0.3 is 10.4 Å². The van der Waals surface area contributed by atoms with E-state index in [1.807, 2.05) is 62.4 Å². The van der Waals surface area contributed by atoms with Crippen molar-refractivity contribution in [3.8, 4) is 11.5 Å². The maximum absolute atomic E-state index is 10.7. The Morgan fingerprint density at radius 2 is 1.71 bits per heavy atom. The van der Waals surface area contributed by atoms with E-state index in [0.717, 1.165) is 33.3 Å². The monoisotopic (exact) mass is 370 g/mol. The van der Waals surface area contributed by atoms with Gasteiger partial charge in [-0.1, -0.05) is 42.5 Å². The van der Waals surface area contributed by atoms with Crippen LogP contribution in [-0.2, 0) is 0 Å². The van der Waals surface area contributed by atoms with Gasteiger partial charge in [0.2, 0.25) is 0 Å². The van der Waals surface area contributed by atoms with E-state index in [1.54, 1.807) is 6.20 Å². The molecule has 1 atom stereocenters. The van der Waals surface area contributed by atoms with Crippen LogP contribution >= 0.6 is 0 Å². The van der Waals surface area contributed by atoms with Crippen molar-refractivity contribution in [3.05, 3.63) is 83.7 Å². The van der Waals surface area contributed by atoms with Crippen LogP contribution < -0.4 is 5.32 Å². The van der Waals surface area contributed by atoms with Crippen molar-refractivity contribution in [2.24, 2.45) is 0 Å². The molecule has 4 rings (SSSR count). The Balaban J connectivity index is 1.55. The predicted octanol–water partition coefficient (Wildman–Crippen LogP) is 4.45. The minimum atomic E-state index is -0.641. The van der Waals surface area contributed by atoms with E-state index in [0.29, 0.717) is 18.2 Å². The van der Waals surface area contributed by atoms with Crippen LogP contribution in [0.4, 0.5) is 5.82 Å². The summed E-state index contributed by atoms with van der Waals surface area (Å²) in [6.45, 7) is 4.29. The average molecular weight is 370 g/mol. The smallest absolute Gasteiger partial charge is 0.180 e. The highest BCUT2D eigenvalue weighted by Crippen LogP contribution is 2.23. The molecule has 0 fully saturated rings. The zero-order valence-corrected chi connectivity index (χ0v) is 15.9. The number of benzene rings is 2. The predicted molar refractivity (Wildman–Crippen MR) is 112 cm³/mol. The first-order valence-corrected chi connectivity index (χ1v) is 9.29. The molecular weight excluding hydrogens is 348 g/mol. The molecule has 0 aliphatic heterocycles. The fraction of sp³-hybridized carbons (Fsp3) is 0.174. The standard InChI is InChI=1S/C23H22N4O/c1-15-16(2)26-23(20-9-5-6-12-24-20)27-22(15)25-14-21(28)19-11-10-17-7-3-4-8-18(17)13-19/h3-13,21,28H,14H2,1-2H3,(H,25,26,27). The van der Waals surface area contributed by atoms with E-state index < -0.39 is 6.10 Å². The second-order valence-electron chi connectivity index (χ2n) is 6.82. The van der Waals surface area contributed by atoms with Gasteiger partial charge in [-0.3, -0.25) is 4.98 Å².